The minimum absolute atomic E-state index is 0.645. The molecule has 1 saturated carbocycles. The Morgan fingerprint density at radius 1 is 1.12 bits per heavy atom. The van der Waals surface area contributed by atoms with Crippen molar-refractivity contribution in [2.75, 3.05) is 4.90 Å². The second kappa shape index (κ2) is 4.53. The molecule has 1 aromatic carbocycles. The maximum atomic E-state index is 4.40. The van der Waals surface area contributed by atoms with Gasteiger partial charge >= 0.3 is 0 Å². The Morgan fingerprint density at radius 3 is 2.59 bits per heavy atom. The summed E-state index contributed by atoms with van der Waals surface area (Å²) in [5.74, 6) is 0.985. The maximum absolute atomic E-state index is 4.40. The van der Waals surface area contributed by atoms with Gasteiger partial charge in [-0.3, -0.25) is 4.98 Å². The van der Waals surface area contributed by atoms with Crippen LogP contribution in [0.3, 0.4) is 0 Å². The lowest BCUT2D eigenvalue weighted by atomic mass is 10.2. The van der Waals surface area contributed by atoms with Gasteiger partial charge in [-0.1, -0.05) is 30.3 Å². The molecule has 2 aromatic rings. The molecule has 0 aliphatic heterocycles. The van der Waals surface area contributed by atoms with E-state index in [1.165, 1.54) is 18.4 Å². The summed E-state index contributed by atoms with van der Waals surface area (Å²) in [4.78, 5) is 10.9. The highest BCUT2D eigenvalue weighted by molar-refractivity contribution is 5.40. The van der Waals surface area contributed by atoms with Gasteiger partial charge in [0, 0.05) is 25.0 Å². The zero-order valence-corrected chi connectivity index (χ0v) is 9.66. The van der Waals surface area contributed by atoms with Gasteiger partial charge in [0.25, 0.3) is 0 Å². The molecule has 86 valence electrons. The Kier molecular flexibility index (Phi) is 2.74. The van der Waals surface area contributed by atoms with Crippen LogP contribution in [-0.4, -0.2) is 16.0 Å². The highest BCUT2D eigenvalue weighted by Gasteiger charge is 2.29. The van der Waals surface area contributed by atoms with Crippen LogP contribution in [0.2, 0.25) is 0 Å². The van der Waals surface area contributed by atoms with Crippen molar-refractivity contribution in [3.05, 3.63) is 54.5 Å². The van der Waals surface area contributed by atoms with Crippen molar-refractivity contribution in [3.8, 4) is 0 Å². The van der Waals surface area contributed by atoms with Crippen LogP contribution in [0.5, 0.6) is 0 Å². The molecule has 1 aliphatic rings. The lowest BCUT2D eigenvalue weighted by Crippen LogP contribution is -2.25. The molecule has 1 heterocycles. The van der Waals surface area contributed by atoms with Gasteiger partial charge in [0.15, 0.2) is 0 Å². The first-order valence-corrected chi connectivity index (χ1v) is 6.00. The van der Waals surface area contributed by atoms with E-state index in [9.17, 15) is 0 Å². The van der Waals surface area contributed by atoms with Gasteiger partial charge in [-0.25, -0.2) is 4.98 Å². The van der Waals surface area contributed by atoms with Crippen LogP contribution in [0.15, 0.2) is 48.9 Å². The molecule has 0 bridgehead atoms. The van der Waals surface area contributed by atoms with Crippen molar-refractivity contribution < 1.29 is 0 Å². The van der Waals surface area contributed by atoms with Crippen molar-refractivity contribution >= 4 is 5.82 Å². The Morgan fingerprint density at radius 2 is 1.94 bits per heavy atom. The predicted octanol–water partition coefficient (Wildman–Crippen LogP) is 2.65. The number of rotatable bonds is 4. The van der Waals surface area contributed by atoms with Crippen LogP contribution in [-0.2, 0) is 6.54 Å². The smallest absolute Gasteiger partial charge is 0.147 e. The number of hydrogen-bond acceptors (Lipinski definition) is 3. The minimum atomic E-state index is 0.645. The minimum Gasteiger partial charge on any atom is -0.348 e. The van der Waals surface area contributed by atoms with E-state index >= 15 is 0 Å². The lowest BCUT2D eigenvalue weighted by Gasteiger charge is -2.23. The number of benzene rings is 1. The van der Waals surface area contributed by atoms with Crippen LogP contribution < -0.4 is 4.90 Å². The molecule has 0 amide bonds. The summed E-state index contributed by atoms with van der Waals surface area (Å²) in [6.45, 7) is 0.921. The zero-order valence-electron chi connectivity index (χ0n) is 9.66. The summed E-state index contributed by atoms with van der Waals surface area (Å²) in [6.07, 6.45) is 7.86. The molecule has 0 radical (unpaired) electrons. The van der Waals surface area contributed by atoms with E-state index in [-0.39, 0.29) is 0 Å². The quantitative estimate of drug-likeness (QED) is 0.801. The molecule has 0 atom stereocenters. The highest BCUT2D eigenvalue weighted by atomic mass is 15.2. The monoisotopic (exact) mass is 225 g/mol. The summed E-state index contributed by atoms with van der Waals surface area (Å²) >= 11 is 0. The van der Waals surface area contributed by atoms with Crippen molar-refractivity contribution in [2.45, 2.75) is 25.4 Å². The van der Waals surface area contributed by atoms with E-state index in [4.69, 9.17) is 0 Å². The Bertz CT molecular complexity index is 465. The van der Waals surface area contributed by atoms with Gasteiger partial charge < -0.3 is 4.90 Å². The Balaban J connectivity index is 1.82. The van der Waals surface area contributed by atoms with Crippen LogP contribution in [0, 0.1) is 0 Å². The van der Waals surface area contributed by atoms with Crippen molar-refractivity contribution in [1.82, 2.24) is 9.97 Å². The van der Waals surface area contributed by atoms with Gasteiger partial charge in [-0.15, -0.1) is 0 Å². The largest absolute Gasteiger partial charge is 0.348 e. The van der Waals surface area contributed by atoms with E-state index in [1.807, 2.05) is 12.3 Å². The van der Waals surface area contributed by atoms with Crippen molar-refractivity contribution in [3.63, 3.8) is 0 Å². The summed E-state index contributed by atoms with van der Waals surface area (Å²) < 4.78 is 0. The van der Waals surface area contributed by atoms with Crippen molar-refractivity contribution in [2.24, 2.45) is 0 Å². The summed E-state index contributed by atoms with van der Waals surface area (Å²) in [5.41, 5.74) is 1.32. The topological polar surface area (TPSA) is 29.0 Å². The van der Waals surface area contributed by atoms with Crippen LogP contribution >= 0.6 is 0 Å². The van der Waals surface area contributed by atoms with E-state index in [0.29, 0.717) is 6.04 Å². The van der Waals surface area contributed by atoms with E-state index in [1.54, 1.807) is 12.4 Å². The van der Waals surface area contributed by atoms with E-state index in [0.717, 1.165) is 12.4 Å². The van der Waals surface area contributed by atoms with E-state index < -0.39 is 0 Å². The van der Waals surface area contributed by atoms with Crippen LogP contribution in [0.4, 0.5) is 5.82 Å². The maximum Gasteiger partial charge on any atom is 0.147 e. The third-order valence-corrected chi connectivity index (χ3v) is 3.03. The lowest BCUT2D eigenvalue weighted by molar-refractivity contribution is 0.774. The van der Waals surface area contributed by atoms with Gasteiger partial charge in [-0.05, 0) is 18.4 Å². The molecule has 1 aromatic heterocycles. The average molecular weight is 225 g/mol. The first-order chi connectivity index (χ1) is 8.43. The molecule has 3 rings (SSSR count). The third kappa shape index (κ3) is 2.44. The van der Waals surface area contributed by atoms with Crippen LogP contribution in [0.25, 0.3) is 0 Å². The Labute approximate surface area is 101 Å². The third-order valence-electron chi connectivity index (χ3n) is 3.03. The molecule has 0 unspecified atom stereocenters. The molecule has 0 N–H and O–H groups in total. The first-order valence-electron chi connectivity index (χ1n) is 6.00. The second-order valence-corrected chi connectivity index (χ2v) is 4.41. The van der Waals surface area contributed by atoms with Gasteiger partial charge in [0.05, 0.1) is 6.20 Å². The van der Waals surface area contributed by atoms with E-state index in [2.05, 4.69) is 39.1 Å². The number of hydrogen-bond donors (Lipinski definition) is 0. The molecular formula is C14H15N3. The van der Waals surface area contributed by atoms with Gasteiger partial charge in [0.1, 0.15) is 5.82 Å². The summed E-state index contributed by atoms with van der Waals surface area (Å²) in [7, 11) is 0. The predicted molar refractivity (Wildman–Crippen MR) is 67.7 cm³/mol. The van der Waals surface area contributed by atoms with Gasteiger partial charge in [0.2, 0.25) is 0 Å². The average Bonchev–Trinajstić information content (AvgIpc) is 3.23. The molecule has 17 heavy (non-hydrogen) atoms. The molecule has 0 saturated heterocycles. The van der Waals surface area contributed by atoms with Crippen molar-refractivity contribution in [1.29, 1.82) is 0 Å². The standard InChI is InChI=1S/C14H15N3/c1-2-4-12(5-3-1)11-17(13-6-7-13)14-10-15-8-9-16-14/h1-5,8-10,13H,6-7,11H2. The SMILES string of the molecule is c1ccc(CN(c2cnccn2)C2CC2)cc1. The molecule has 3 nitrogen and oxygen atoms in total. The highest BCUT2D eigenvalue weighted by Crippen LogP contribution is 2.31. The molecule has 0 spiro atoms. The summed E-state index contributed by atoms with van der Waals surface area (Å²) in [5, 5.41) is 0. The second-order valence-electron chi connectivity index (χ2n) is 4.41. The number of nitrogens with zero attached hydrogens (tertiary/aromatic N) is 3. The number of aromatic nitrogens is 2. The molecule has 3 heteroatoms. The normalized spacial score (nSPS) is 14.6. The van der Waals surface area contributed by atoms with Crippen LogP contribution in [0.1, 0.15) is 18.4 Å². The fourth-order valence-electron chi connectivity index (χ4n) is 2.00. The fourth-order valence-corrected chi connectivity index (χ4v) is 2.00. The molecule has 1 fully saturated rings. The molecule has 1 aliphatic carbocycles. The molecular weight excluding hydrogens is 210 g/mol. The Hall–Kier alpha value is -1.90. The first kappa shape index (κ1) is 10.3. The fraction of sp³-hybridized carbons (Fsp3) is 0.286. The zero-order chi connectivity index (χ0) is 11.5. The van der Waals surface area contributed by atoms with Gasteiger partial charge in [-0.2, -0.15) is 0 Å². The summed E-state index contributed by atoms with van der Waals surface area (Å²) in [6, 6.07) is 11.2. The number of anilines is 1.